The van der Waals surface area contributed by atoms with Crippen molar-refractivity contribution in [2.24, 2.45) is 18.1 Å². The summed E-state index contributed by atoms with van der Waals surface area (Å²) in [5, 5.41) is 5.19. The Kier molecular flexibility index (Phi) is 6.22. The molecule has 1 aliphatic rings. The number of sulfonamides is 1. The molecular formula is C20H28N4O3S. The van der Waals surface area contributed by atoms with Crippen LogP contribution in [0.5, 0.6) is 0 Å². The van der Waals surface area contributed by atoms with Crippen molar-refractivity contribution in [2.45, 2.75) is 24.8 Å². The Balaban J connectivity index is 1.63. The first kappa shape index (κ1) is 20.6. The van der Waals surface area contributed by atoms with Crippen molar-refractivity contribution in [3.05, 3.63) is 53.9 Å². The molecule has 0 saturated carbocycles. The van der Waals surface area contributed by atoms with Gasteiger partial charge in [-0.3, -0.25) is 9.69 Å². The molecule has 2 heterocycles. The number of carbonyl (C=O) groups is 1. The zero-order valence-corrected chi connectivity index (χ0v) is 17.2. The SMILES string of the molecule is CCN(C[C@@H]1CCN(Cc2ccccc2)C1)C(=O)c1cc(S(N)(=O)=O)cn1C. The lowest BCUT2D eigenvalue weighted by molar-refractivity contribution is 0.0729. The molecule has 8 heteroatoms. The predicted molar refractivity (Wildman–Crippen MR) is 108 cm³/mol. The number of nitrogens with two attached hydrogens (primary N) is 1. The Morgan fingerprint density at radius 3 is 2.61 bits per heavy atom. The fourth-order valence-electron chi connectivity index (χ4n) is 3.78. The standard InChI is InChI=1S/C20H28N4O3S/c1-3-24(20(25)19-11-18(15-22(19)2)28(21,26)27)14-17-9-10-23(13-17)12-16-7-5-4-6-8-16/h4-8,11,15,17H,3,9-10,12-14H2,1-2H3,(H2,21,26,27)/t17-/m1/s1. The summed E-state index contributed by atoms with van der Waals surface area (Å²) in [5.41, 5.74) is 1.64. The van der Waals surface area contributed by atoms with Gasteiger partial charge in [0.15, 0.2) is 0 Å². The van der Waals surface area contributed by atoms with Crippen molar-refractivity contribution in [1.29, 1.82) is 0 Å². The van der Waals surface area contributed by atoms with Crippen molar-refractivity contribution in [1.82, 2.24) is 14.4 Å². The molecule has 28 heavy (non-hydrogen) atoms. The van der Waals surface area contributed by atoms with Gasteiger partial charge < -0.3 is 9.47 Å². The van der Waals surface area contributed by atoms with Crippen LogP contribution in [0.15, 0.2) is 47.5 Å². The lowest BCUT2D eigenvalue weighted by atomic mass is 10.1. The van der Waals surface area contributed by atoms with E-state index >= 15 is 0 Å². The van der Waals surface area contributed by atoms with Crippen LogP contribution >= 0.6 is 0 Å². The fraction of sp³-hybridized carbons (Fsp3) is 0.450. The average Bonchev–Trinajstić information content (AvgIpc) is 3.26. The van der Waals surface area contributed by atoms with Crippen molar-refractivity contribution in [2.75, 3.05) is 26.2 Å². The largest absolute Gasteiger partial charge is 0.345 e. The first-order valence-electron chi connectivity index (χ1n) is 9.52. The number of amides is 1. The van der Waals surface area contributed by atoms with Gasteiger partial charge in [0.05, 0.1) is 0 Å². The second kappa shape index (κ2) is 8.46. The minimum atomic E-state index is -3.83. The van der Waals surface area contributed by atoms with E-state index in [2.05, 4.69) is 29.2 Å². The fourth-order valence-corrected chi connectivity index (χ4v) is 4.36. The van der Waals surface area contributed by atoms with Crippen molar-refractivity contribution < 1.29 is 13.2 Å². The third-order valence-corrected chi connectivity index (χ3v) is 6.17. The van der Waals surface area contributed by atoms with Crippen molar-refractivity contribution in [3.8, 4) is 0 Å². The topological polar surface area (TPSA) is 88.6 Å². The van der Waals surface area contributed by atoms with Crippen LogP contribution in [0.1, 0.15) is 29.4 Å². The Bertz CT molecular complexity index is 924. The molecule has 0 spiro atoms. The van der Waals surface area contributed by atoms with E-state index in [4.69, 9.17) is 5.14 Å². The summed E-state index contributed by atoms with van der Waals surface area (Å²) in [4.78, 5) is 17.1. The lowest BCUT2D eigenvalue weighted by Gasteiger charge is -2.25. The van der Waals surface area contributed by atoms with E-state index in [9.17, 15) is 13.2 Å². The molecule has 1 aromatic carbocycles. The van der Waals surface area contributed by atoms with Gasteiger partial charge in [-0.2, -0.15) is 0 Å². The van der Waals surface area contributed by atoms with Gasteiger partial charge in [-0.05, 0) is 37.4 Å². The molecule has 1 amide bonds. The smallest absolute Gasteiger partial charge is 0.270 e. The molecule has 152 valence electrons. The number of hydrogen-bond donors (Lipinski definition) is 1. The van der Waals surface area contributed by atoms with Crippen LogP contribution in [-0.4, -0.2) is 54.9 Å². The van der Waals surface area contributed by atoms with Gasteiger partial charge in [-0.1, -0.05) is 30.3 Å². The maximum absolute atomic E-state index is 13.0. The highest BCUT2D eigenvalue weighted by molar-refractivity contribution is 7.89. The lowest BCUT2D eigenvalue weighted by Crippen LogP contribution is -2.37. The highest BCUT2D eigenvalue weighted by Crippen LogP contribution is 2.21. The highest BCUT2D eigenvalue weighted by Gasteiger charge is 2.27. The normalized spacial score (nSPS) is 17.8. The molecule has 0 radical (unpaired) electrons. The van der Waals surface area contributed by atoms with E-state index in [0.717, 1.165) is 26.1 Å². The van der Waals surface area contributed by atoms with Crippen LogP contribution in [0.4, 0.5) is 0 Å². The summed E-state index contributed by atoms with van der Waals surface area (Å²) in [6.07, 6.45) is 2.43. The molecule has 2 N–H and O–H groups in total. The highest BCUT2D eigenvalue weighted by atomic mass is 32.2. The molecule has 1 aliphatic heterocycles. The third-order valence-electron chi connectivity index (χ3n) is 5.29. The Morgan fingerprint density at radius 1 is 1.29 bits per heavy atom. The molecule has 1 atom stereocenters. The molecule has 3 rings (SSSR count). The average molecular weight is 405 g/mol. The second-order valence-corrected chi connectivity index (χ2v) is 9.00. The minimum Gasteiger partial charge on any atom is -0.345 e. The van der Waals surface area contributed by atoms with Crippen LogP contribution < -0.4 is 5.14 Å². The van der Waals surface area contributed by atoms with Crippen molar-refractivity contribution >= 4 is 15.9 Å². The molecule has 0 aliphatic carbocycles. The number of benzene rings is 1. The summed E-state index contributed by atoms with van der Waals surface area (Å²) < 4.78 is 24.6. The van der Waals surface area contributed by atoms with Gasteiger partial charge in [0.25, 0.3) is 5.91 Å². The number of hydrogen-bond acceptors (Lipinski definition) is 4. The summed E-state index contributed by atoms with van der Waals surface area (Å²) >= 11 is 0. The Hall–Kier alpha value is -2.16. The number of aromatic nitrogens is 1. The van der Waals surface area contributed by atoms with Crippen LogP contribution in [0.25, 0.3) is 0 Å². The maximum atomic E-state index is 13.0. The van der Waals surface area contributed by atoms with E-state index in [-0.39, 0.29) is 10.8 Å². The monoisotopic (exact) mass is 404 g/mol. The molecule has 1 fully saturated rings. The van der Waals surface area contributed by atoms with Gasteiger partial charge in [0, 0.05) is 39.4 Å². The first-order valence-corrected chi connectivity index (χ1v) is 11.1. The third kappa shape index (κ3) is 4.81. The van der Waals surface area contributed by atoms with Crippen LogP contribution in [0.2, 0.25) is 0 Å². The second-order valence-electron chi connectivity index (χ2n) is 7.44. The molecule has 1 saturated heterocycles. The summed E-state index contributed by atoms with van der Waals surface area (Å²) in [5.74, 6) is 0.243. The number of nitrogens with zero attached hydrogens (tertiary/aromatic N) is 3. The van der Waals surface area contributed by atoms with Crippen LogP contribution in [0.3, 0.4) is 0 Å². The Morgan fingerprint density at radius 2 is 2.00 bits per heavy atom. The van der Waals surface area contributed by atoms with Crippen molar-refractivity contribution in [3.63, 3.8) is 0 Å². The van der Waals surface area contributed by atoms with E-state index in [1.807, 2.05) is 13.0 Å². The van der Waals surface area contributed by atoms with Gasteiger partial charge in [-0.15, -0.1) is 0 Å². The summed E-state index contributed by atoms with van der Waals surface area (Å²) in [7, 11) is -2.17. The van der Waals surface area contributed by atoms with E-state index in [1.54, 1.807) is 11.9 Å². The quantitative estimate of drug-likeness (QED) is 0.760. The molecule has 0 bridgehead atoms. The molecule has 1 aromatic heterocycles. The molecular weight excluding hydrogens is 376 g/mol. The molecule has 0 unspecified atom stereocenters. The van der Waals surface area contributed by atoms with Gasteiger partial charge in [-0.25, -0.2) is 13.6 Å². The van der Waals surface area contributed by atoms with Gasteiger partial charge in [0.1, 0.15) is 10.6 Å². The van der Waals surface area contributed by atoms with E-state index in [1.165, 1.54) is 22.4 Å². The predicted octanol–water partition coefficient (Wildman–Crippen LogP) is 1.66. The summed E-state index contributed by atoms with van der Waals surface area (Å²) in [6, 6.07) is 11.7. The Labute approximate surface area is 166 Å². The number of carbonyl (C=O) groups excluding carboxylic acids is 1. The van der Waals surface area contributed by atoms with Gasteiger partial charge in [0.2, 0.25) is 10.0 Å². The molecule has 2 aromatic rings. The summed E-state index contributed by atoms with van der Waals surface area (Å²) in [6.45, 7) is 6.07. The first-order chi connectivity index (χ1) is 13.3. The van der Waals surface area contributed by atoms with E-state index in [0.29, 0.717) is 24.7 Å². The number of primary sulfonamides is 1. The number of likely N-dealkylation sites (tertiary alicyclic amines) is 1. The van der Waals surface area contributed by atoms with E-state index < -0.39 is 10.0 Å². The number of aryl methyl sites for hydroxylation is 1. The zero-order chi connectivity index (χ0) is 20.3. The zero-order valence-electron chi connectivity index (χ0n) is 16.4. The maximum Gasteiger partial charge on any atom is 0.270 e. The molecule has 7 nitrogen and oxygen atoms in total. The van der Waals surface area contributed by atoms with Crippen LogP contribution in [-0.2, 0) is 23.6 Å². The minimum absolute atomic E-state index is 0.0377. The number of rotatable bonds is 7. The van der Waals surface area contributed by atoms with Gasteiger partial charge >= 0.3 is 0 Å². The van der Waals surface area contributed by atoms with Crippen LogP contribution in [0, 0.1) is 5.92 Å².